The van der Waals surface area contributed by atoms with E-state index in [4.69, 9.17) is 14.0 Å². The molecule has 14 nitrogen and oxygen atoms in total. The molecule has 15 heteroatoms. The van der Waals surface area contributed by atoms with E-state index < -0.39 is 37.7 Å². The first-order valence-electron chi connectivity index (χ1n) is 10.2. The van der Waals surface area contributed by atoms with E-state index in [1.807, 2.05) is 13.8 Å². The molecule has 3 aromatic heterocycles. The summed E-state index contributed by atoms with van der Waals surface area (Å²) in [6, 6.07) is 0.0209. The van der Waals surface area contributed by atoms with Crippen LogP contribution in [-0.4, -0.2) is 77.4 Å². The molecule has 0 spiro atoms. The maximum Gasteiger partial charge on any atom is 0.437 e. The normalized spacial score (nSPS) is 25.0. The van der Waals surface area contributed by atoms with Gasteiger partial charge in [0, 0.05) is 31.5 Å². The molecule has 3 aromatic rings. The van der Waals surface area contributed by atoms with Crippen molar-refractivity contribution in [1.29, 1.82) is 0 Å². The first kappa shape index (κ1) is 23.5. The van der Waals surface area contributed by atoms with Crippen molar-refractivity contribution in [3.63, 3.8) is 0 Å². The lowest BCUT2D eigenvalue weighted by molar-refractivity contribution is -0.0477. The number of fused-ring (bicyclic) bond motifs is 1. The largest absolute Gasteiger partial charge is 0.437 e. The van der Waals surface area contributed by atoms with Gasteiger partial charge < -0.3 is 24.8 Å². The highest BCUT2D eigenvalue weighted by molar-refractivity contribution is 7.51. The summed E-state index contributed by atoms with van der Waals surface area (Å²) < 4.78 is 31.4. The van der Waals surface area contributed by atoms with Gasteiger partial charge in [0.05, 0.1) is 25.6 Å². The van der Waals surface area contributed by atoms with E-state index in [0.717, 1.165) is 4.34 Å². The Morgan fingerprint density at radius 3 is 2.82 bits per heavy atom. The Kier molecular flexibility index (Phi) is 6.66. The van der Waals surface area contributed by atoms with Crippen molar-refractivity contribution in [2.45, 2.75) is 38.3 Å². The van der Waals surface area contributed by atoms with E-state index in [0.29, 0.717) is 0 Å². The van der Waals surface area contributed by atoms with Gasteiger partial charge in [0.25, 0.3) is 5.56 Å². The Labute approximate surface area is 188 Å². The Morgan fingerprint density at radius 2 is 2.15 bits per heavy atom. The van der Waals surface area contributed by atoms with E-state index in [-0.39, 0.29) is 36.4 Å². The summed E-state index contributed by atoms with van der Waals surface area (Å²) in [4.78, 5) is 37.5. The van der Waals surface area contributed by atoms with Crippen LogP contribution in [0.3, 0.4) is 0 Å². The number of aromatic nitrogens is 6. The van der Waals surface area contributed by atoms with Crippen LogP contribution in [0.5, 0.6) is 0 Å². The van der Waals surface area contributed by atoms with Crippen LogP contribution in [0.2, 0.25) is 0 Å². The number of rotatable bonds is 9. The summed E-state index contributed by atoms with van der Waals surface area (Å²) in [5, 5.41) is 14.0. The van der Waals surface area contributed by atoms with Crippen LogP contribution in [-0.2, 0) is 18.6 Å². The van der Waals surface area contributed by atoms with Crippen LogP contribution in [0, 0.1) is 5.92 Å². The molecule has 1 unspecified atom stereocenters. The number of anilines is 1. The van der Waals surface area contributed by atoms with Gasteiger partial charge in [0.15, 0.2) is 17.4 Å². The molecule has 1 aliphatic rings. The van der Waals surface area contributed by atoms with Crippen molar-refractivity contribution in [2.75, 3.05) is 25.6 Å². The topological polar surface area (TPSA) is 179 Å². The SMILES string of the molecule is COC[C@H]1[C@@H](O)[C@H](n2cnc3c(=O)[nH]c(NC(C)C)nc32)O[C@@H]1COP(=O)(O)n1ccnc1. The number of ether oxygens (including phenoxy) is 2. The zero-order valence-corrected chi connectivity index (χ0v) is 19.1. The maximum absolute atomic E-state index is 12.5. The summed E-state index contributed by atoms with van der Waals surface area (Å²) >= 11 is 0. The van der Waals surface area contributed by atoms with Crippen molar-refractivity contribution < 1.29 is 28.6 Å². The molecule has 0 aliphatic carbocycles. The van der Waals surface area contributed by atoms with E-state index in [1.54, 1.807) is 0 Å². The third kappa shape index (κ3) is 4.71. The third-order valence-electron chi connectivity index (χ3n) is 5.20. The average molecular weight is 483 g/mol. The summed E-state index contributed by atoms with van der Waals surface area (Å²) in [5.41, 5.74) is -0.137. The van der Waals surface area contributed by atoms with Gasteiger partial charge in [-0.05, 0) is 13.8 Å². The number of aliphatic hydroxyl groups is 1. The van der Waals surface area contributed by atoms with Gasteiger partial charge in [-0.1, -0.05) is 0 Å². The number of aliphatic hydroxyl groups excluding tert-OH is 1. The van der Waals surface area contributed by atoms with E-state index >= 15 is 0 Å². The fourth-order valence-corrected chi connectivity index (χ4v) is 4.57. The van der Waals surface area contributed by atoms with Crippen molar-refractivity contribution in [3.8, 4) is 0 Å². The van der Waals surface area contributed by atoms with Crippen LogP contribution >= 0.6 is 7.75 Å². The van der Waals surface area contributed by atoms with E-state index in [2.05, 4.69) is 25.3 Å². The molecule has 4 rings (SSSR count). The number of hydrogen-bond acceptors (Lipinski definition) is 10. The molecule has 0 aromatic carbocycles. The van der Waals surface area contributed by atoms with Crippen molar-refractivity contribution in [1.82, 2.24) is 28.8 Å². The molecule has 1 fully saturated rings. The number of H-pyrrole nitrogens is 1. The molecule has 1 aliphatic heterocycles. The highest BCUT2D eigenvalue weighted by Gasteiger charge is 2.46. The van der Waals surface area contributed by atoms with Gasteiger partial charge in [-0.2, -0.15) is 4.98 Å². The molecule has 4 N–H and O–H groups in total. The Balaban J connectivity index is 1.61. The summed E-state index contributed by atoms with van der Waals surface area (Å²) in [6.45, 7) is 3.60. The molecule has 0 bridgehead atoms. The lowest BCUT2D eigenvalue weighted by Crippen LogP contribution is -2.32. The summed E-state index contributed by atoms with van der Waals surface area (Å²) in [5.74, 6) is -0.331. The first-order valence-corrected chi connectivity index (χ1v) is 11.8. The molecule has 0 amide bonds. The minimum absolute atomic E-state index is 0.0209. The number of nitrogens with zero attached hydrogens (tertiary/aromatic N) is 5. The number of imidazole rings is 2. The third-order valence-corrected chi connectivity index (χ3v) is 6.51. The smallest absolute Gasteiger partial charge is 0.388 e. The second kappa shape index (κ2) is 9.33. The van der Waals surface area contributed by atoms with Gasteiger partial charge in [0.2, 0.25) is 5.95 Å². The molecular formula is C18H26N7O7P. The van der Waals surface area contributed by atoms with Gasteiger partial charge in [-0.15, -0.1) is 0 Å². The monoisotopic (exact) mass is 483 g/mol. The quantitative estimate of drug-likeness (QED) is 0.308. The highest BCUT2D eigenvalue weighted by Crippen LogP contribution is 2.45. The number of hydrogen-bond donors (Lipinski definition) is 4. The van der Waals surface area contributed by atoms with Crippen LogP contribution in [0.15, 0.2) is 29.8 Å². The van der Waals surface area contributed by atoms with E-state index in [1.165, 1.54) is 36.7 Å². The van der Waals surface area contributed by atoms with Gasteiger partial charge in [-0.25, -0.2) is 18.9 Å². The molecule has 5 atom stereocenters. The Morgan fingerprint density at radius 1 is 1.36 bits per heavy atom. The molecule has 0 saturated carbocycles. The first-order chi connectivity index (χ1) is 15.7. The fraction of sp³-hybridized carbons (Fsp3) is 0.556. The zero-order valence-electron chi connectivity index (χ0n) is 18.2. The molecule has 4 heterocycles. The molecule has 1 saturated heterocycles. The van der Waals surface area contributed by atoms with Gasteiger partial charge >= 0.3 is 7.75 Å². The average Bonchev–Trinajstić information content (AvgIpc) is 3.47. The van der Waals surface area contributed by atoms with Gasteiger partial charge in [0.1, 0.15) is 12.4 Å². The molecular weight excluding hydrogens is 457 g/mol. The fourth-order valence-electron chi connectivity index (χ4n) is 3.68. The van der Waals surface area contributed by atoms with Crippen LogP contribution in [0.1, 0.15) is 20.1 Å². The summed E-state index contributed by atoms with van der Waals surface area (Å²) in [6.07, 6.45) is 2.33. The molecule has 33 heavy (non-hydrogen) atoms. The van der Waals surface area contributed by atoms with Crippen molar-refractivity contribution in [2.24, 2.45) is 5.92 Å². The number of methoxy groups -OCH3 is 1. The highest BCUT2D eigenvalue weighted by atomic mass is 31.2. The standard InChI is InChI=1S/C18H26N7O7P/c1-10(2)21-18-22-15-13(16(27)23-18)20-9-25(15)17-14(26)11(6-30-3)12(32-17)7-31-33(28,29)24-5-4-19-8-24/h4-5,8-12,14,17,26H,6-7H2,1-3H3,(H,28,29)(H2,21,22,23,27)/t11-,12-,14-,17-/m1/s1. The lowest BCUT2D eigenvalue weighted by atomic mass is 9.99. The zero-order chi connectivity index (χ0) is 23.8. The molecule has 180 valence electrons. The van der Waals surface area contributed by atoms with Crippen LogP contribution in [0.25, 0.3) is 11.2 Å². The minimum atomic E-state index is -4.19. The lowest BCUT2D eigenvalue weighted by Gasteiger charge is -2.20. The number of nitrogens with one attached hydrogen (secondary N) is 2. The maximum atomic E-state index is 12.5. The van der Waals surface area contributed by atoms with Gasteiger partial charge in [-0.3, -0.25) is 18.9 Å². The molecule has 0 radical (unpaired) electrons. The predicted molar refractivity (Wildman–Crippen MR) is 116 cm³/mol. The second-order valence-electron chi connectivity index (χ2n) is 7.94. The van der Waals surface area contributed by atoms with E-state index in [9.17, 15) is 19.4 Å². The van der Waals surface area contributed by atoms with Crippen molar-refractivity contribution in [3.05, 3.63) is 35.4 Å². The Hall–Kier alpha value is -2.61. The number of aromatic amines is 1. The van der Waals surface area contributed by atoms with Crippen LogP contribution < -0.4 is 10.9 Å². The second-order valence-corrected chi connectivity index (χ2v) is 9.64. The minimum Gasteiger partial charge on any atom is -0.388 e. The predicted octanol–water partition coefficient (Wildman–Crippen LogP) is 0.323. The van der Waals surface area contributed by atoms with Crippen LogP contribution in [0.4, 0.5) is 5.95 Å². The van der Waals surface area contributed by atoms with Crippen molar-refractivity contribution >= 4 is 24.9 Å². The summed E-state index contributed by atoms with van der Waals surface area (Å²) in [7, 11) is -2.72. The Bertz CT molecular complexity index is 1190.